The first-order chi connectivity index (χ1) is 7.56. The summed E-state index contributed by atoms with van der Waals surface area (Å²) in [6, 6.07) is 0. The van der Waals surface area contributed by atoms with Crippen LogP contribution in [-0.4, -0.2) is 40.1 Å². The van der Waals surface area contributed by atoms with E-state index in [1.54, 1.807) is 27.7 Å². The molecule has 0 saturated heterocycles. The quantitative estimate of drug-likeness (QED) is 0.600. The third-order valence-electron chi connectivity index (χ3n) is 1.29. The van der Waals surface area contributed by atoms with E-state index in [1.165, 1.54) is 6.26 Å². The van der Waals surface area contributed by atoms with Crippen LogP contribution in [0.25, 0.3) is 0 Å². The smallest absolute Gasteiger partial charge is 0.419 e. The van der Waals surface area contributed by atoms with E-state index in [0.29, 0.717) is 0 Å². The molecule has 0 aromatic carbocycles. The van der Waals surface area contributed by atoms with Gasteiger partial charge in [0.15, 0.2) is 0 Å². The molecule has 1 N–H and O–H groups in total. The summed E-state index contributed by atoms with van der Waals surface area (Å²) in [6.07, 6.45) is 0.374. The van der Waals surface area contributed by atoms with Gasteiger partial charge in [0.2, 0.25) is 0 Å². The van der Waals surface area contributed by atoms with Crippen molar-refractivity contribution in [3.05, 3.63) is 0 Å². The third kappa shape index (κ3) is 8.56. The summed E-state index contributed by atoms with van der Waals surface area (Å²) in [5, 5.41) is 0.834. The second kappa shape index (κ2) is 5.90. The Morgan fingerprint density at radius 2 is 1.88 bits per heavy atom. The van der Waals surface area contributed by atoms with Crippen molar-refractivity contribution in [1.82, 2.24) is 4.72 Å². The van der Waals surface area contributed by atoms with Crippen LogP contribution in [0.5, 0.6) is 0 Å². The summed E-state index contributed by atoms with van der Waals surface area (Å²) >= 11 is 0. The van der Waals surface area contributed by atoms with Crippen molar-refractivity contribution < 1.29 is 23.3 Å². The Labute approximate surface area is 102 Å². The molecule has 1 amide bonds. The molecule has 0 rings (SSSR count). The summed E-state index contributed by atoms with van der Waals surface area (Å²) in [6.45, 7) is 6.85. The second-order valence-electron chi connectivity index (χ2n) is 4.38. The Morgan fingerprint density at radius 1 is 1.35 bits per heavy atom. The van der Waals surface area contributed by atoms with Gasteiger partial charge < -0.3 is 9.47 Å². The first-order valence-electron chi connectivity index (χ1n) is 5.07. The molecule has 0 saturated carbocycles. The number of hydrogen-bond acceptors (Lipinski definition) is 5. The van der Waals surface area contributed by atoms with Gasteiger partial charge in [-0.1, -0.05) is 0 Å². The Balaban J connectivity index is 4.60. The first kappa shape index (κ1) is 15.8. The SMILES string of the molecule is CCOC(=O)C=S(C)(=O)NC(=O)OC(C)(C)C. The molecule has 6 nitrogen and oxygen atoms in total. The van der Waals surface area contributed by atoms with Crippen molar-refractivity contribution in [2.45, 2.75) is 33.3 Å². The van der Waals surface area contributed by atoms with Crippen molar-refractivity contribution in [3.63, 3.8) is 0 Å². The van der Waals surface area contributed by atoms with Gasteiger partial charge in [0.05, 0.1) is 21.7 Å². The highest BCUT2D eigenvalue weighted by atomic mass is 32.2. The van der Waals surface area contributed by atoms with Crippen LogP contribution in [0.15, 0.2) is 0 Å². The van der Waals surface area contributed by atoms with Crippen molar-refractivity contribution in [3.8, 4) is 0 Å². The lowest BCUT2D eigenvalue weighted by Crippen LogP contribution is -2.37. The van der Waals surface area contributed by atoms with Crippen molar-refractivity contribution in [2.24, 2.45) is 0 Å². The third-order valence-corrected chi connectivity index (χ3v) is 2.51. The van der Waals surface area contributed by atoms with Gasteiger partial charge in [-0.25, -0.2) is 18.5 Å². The lowest BCUT2D eigenvalue weighted by Gasteiger charge is -2.20. The molecule has 0 aliphatic rings. The van der Waals surface area contributed by atoms with E-state index in [9.17, 15) is 13.8 Å². The van der Waals surface area contributed by atoms with Gasteiger partial charge in [-0.05, 0) is 27.7 Å². The molecule has 1 unspecified atom stereocenters. The van der Waals surface area contributed by atoms with Crippen LogP contribution >= 0.6 is 0 Å². The zero-order valence-electron chi connectivity index (χ0n) is 10.7. The van der Waals surface area contributed by atoms with E-state index in [0.717, 1.165) is 5.37 Å². The maximum Gasteiger partial charge on any atom is 0.419 e. The number of carbonyl (C=O) groups is 2. The van der Waals surface area contributed by atoms with Gasteiger partial charge in [0.25, 0.3) is 0 Å². The maximum atomic E-state index is 11.8. The molecule has 0 aromatic rings. The predicted octanol–water partition coefficient (Wildman–Crippen LogP) is 0.706. The molecule has 0 bridgehead atoms. The summed E-state index contributed by atoms with van der Waals surface area (Å²) in [5.74, 6) is -0.740. The van der Waals surface area contributed by atoms with Crippen LogP contribution in [0.1, 0.15) is 27.7 Å². The average molecular weight is 265 g/mol. The predicted molar refractivity (Wildman–Crippen MR) is 66.1 cm³/mol. The molecule has 100 valence electrons. The van der Waals surface area contributed by atoms with Crippen LogP contribution in [0.3, 0.4) is 0 Å². The van der Waals surface area contributed by atoms with E-state index in [4.69, 9.17) is 4.74 Å². The molecule has 0 aliphatic carbocycles. The number of nitrogens with one attached hydrogen (secondary N) is 1. The largest absolute Gasteiger partial charge is 0.462 e. The number of rotatable bonds is 3. The molecule has 1 atom stereocenters. The molecule has 0 fully saturated rings. The minimum absolute atomic E-state index is 0.178. The van der Waals surface area contributed by atoms with Gasteiger partial charge in [-0.15, -0.1) is 0 Å². The Kier molecular flexibility index (Phi) is 5.47. The highest BCUT2D eigenvalue weighted by Gasteiger charge is 2.18. The fourth-order valence-corrected chi connectivity index (χ4v) is 1.72. The zero-order chi connectivity index (χ0) is 13.7. The fourth-order valence-electron chi connectivity index (χ4n) is 0.854. The Morgan fingerprint density at radius 3 is 2.29 bits per heavy atom. The molecular weight excluding hydrogens is 246 g/mol. The molecule has 0 aromatic heterocycles. The summed E-state index contributed by atoms with van der Waals surface area (Å²) in [5.41, 5.74) is -0.691. The monoisotopic (exact) mass is 265 g/mol. The molecular formula is C10H19NO5S. The van der Waals surface area contributed by atoms with Gasteiger partial charge in [0, 0.05) is 6.26 Å². The number of amides is 1. The first-order valence-corrected chi connectivity index (χ1v) is 7.10. The van der Waals surface area contributed by atoms with Crippen LogP contribution in [-0.2, 0) is 24.0 Å². The van der Waals surface area contributed by atoms with Crippen LogP contribution in [0, 0.1) is 0 Å². The van der Waals surface area contributed by atoms with Crippen LogP contribution in [0.2, 0.25) is 0 Å². The standard InChI is InChI=1S/C10H19NO5S/c1-6-15-8(12)7-17(5,14)11-9(13)16-10(2,3)4/h7H,6H2,1-5H3,(H,11,13,14). The van der Waals surface area contributed by atoms with E-state index in [1.807, 2.05) is 0 Å². The minimum atomic E-state index is -2.95. The van der Waals surface area contributed by atoms with Gasteiger partial charge in [-0.2, -0.15) is 0 Å². The molecule has 0 aliphatic heterocycles. The van der Waals surface area contributed by atoms with Gasteiger partial charge in [-0.3, -0.25) is 0 Å². The molecule has 0 spiro atoms. The number of esters is 1. The Hall–Kier alpha value is -1.24. The Bertz CT molecular complexity index is 401. The maximum absolute atomic E-state index is 11.8. The van der Waals surface area contributed by atoms with Crippen LogP contribution in [0.4, 0.5) is 4.79 Å². The highest BCUT2D eigenvalue weighted by molar-refractivity contribution is 8.00. The lowest BCUT2D eigenvalue weighted by molar-refractivity contribution is -0.134. The average Bonchev–Trinajstić information content (AvgIpc) is 1.96. The number of hydrogen-bond donors (Lipinski definition) is 1. The van der Waals surface area contributed by atoms with Crippen molar-refractivity contribution >= 4 is 27.1 Å². The minimum Gasteiger partial charge on any atom is -0.462 e. The zero-order valence-corrected chi connectivity index (χ0v) is 11.6. The summed E-state index contributed by atoms with van der Waals surface area (Å²) in [7, 11) is -2.95. The topological polar surface area (TPSA) is 81.7 Å². The van der Waals surface area contributed by atoms with Crippen molar-refractivity contribution in [2.75, 3.05) is 12.9 Å². The molecule has 17 heavy (non-hydrogen) atoms. The second-order valence-corrected chi connectivity index (χ2v) is 6.63. The van der Waals surface area contributed by atoms with E-state index in [-0.39, 0.29) is 6.61 Å². The van der Waals surface area contributed by atoms with Gasteiger partial charge in [0.1, 0.15) is 5.60 Å². The van der Waals surface area contributed by atoms with Crippen molar-refractivity contribution in [1.29, 1.82) is 0 Å². The van der Waals surface area contributed by atoms with E-state index >= 15 is 0 Å². The van der Waals surface area contributed by atoms with Gasteiger partial charge >= 0.3 is 12.1 Å². The number of ether oxygens (including phenoxy) is 2. The molecule has 7 heteroatoms. The highest BCUT2D eigenvalue weighted by Crippen LogP contribution is 2.06. The van der Waals surface area contributed by atoms with E-state index < -0.39 is 27.4 Å². The molecule has 0 radical (unpaired) electrons. The normalized spacial score (nSPS) is 14.4. The molecule has 0 heterocycles. The van der Waals surface area contributed by atoms with E-state index in [2.05, 4.69) is 9.46 Å². The number of carbonyl (C=O) groups excluding carboxylic acids is 2. The summed E-state index contributed by atoms with van der Waals surface area (Å²) < 4.78 is 23.4. The lowest BCUT2D eigenvalue weighted by atomic mass is 10.2. The summed E-state index contributed by atoms with van der Waals surface area (Å²) in [4.78, 5) is 22.4. The fraction of sp³-hybridized carbons (Fsp3) is 0.700. The van der Waals surface area contributed by atoms with Crippen LogP contribution < -0.4 is 4.72 Å².